The van der Waals surface area contributed by atoms with E-state index in [9.17, 15) is 13.2 Å². The molecule has 0 bridgehead atoms. The maximum Gasteiger partial charge on any atom is 0.416 e. The van der Waals surface area contributed by atoms with Crippen LogP contribution in [0.25, 0.3) is 0 Å². The molecule has 1 fully saturated rings. The molecule has 0 radical (unpaired) electrons. The quantitative estimate of drug-likeness (QED) is 0.795. The monoisotopic (exact) mass is 342 g/mol. The van der Waals surface area contributed by atoms with Crippen molar-refractivity contribution in [1.29, 1.82) is 0 Å². The van der Waals surface area contributed by atoms with Gasteiger partial charge in [0.1, 0.15) is 0 Å². The highest BCUT2D eigenvalue weighted by molar-refractivity contribution is 5.85. The Balaban J connectivity index is 0.00000192. The molecule has 124 valence electrons. The van der Waals surface area contributed by atoms with Crippen LogP contribution in [0.2, 0.25) is 0 Å². The first kappa shape index (κ1) is 17.5. The highest BCUT2D eigenvalue weighted by atomic mass is 35.5. The molecule has 3 rings (SSSR count). The summed E-state index contributed by atoms with van der Waals surface area (Å²) >= 11 is 0. The predicted octanol–water partition coefficient (Wildman–Crippen LogP) is 4.45. The lowest BCUT2D eigenvalue weighted by Gasteiger charge is -2.37. The molecule has 2 nitrogen and oxygen atoms in total. The molecule has 2 aromatic carbocycles. The molecule has 2 aromatic rings. The topological polar surface area (TPSA) is 6.48 Å². The molecule has 6 heteroatoms. The third kappa shape index (κ3) is 4.10. The zero-order chi connectivity index (χ0) is 15.6. The van der Waals surface area contributed by atoms with E-state index < -0.39 is 11.7 Å². The smallest absolute Gasteiger partial charge is 0.368 e. The van der Waals surface area contributed by atoms with Crippen LogP contribution in [0.3, 0.4) is 0 Å². The second-order valence-corrected chi connectivity index (χ2v) is 5.36. The molecule has 1 saturated heterocycles. The van der Waals surface area contributed by atoms with E-state index in [0.29, 0.717) is 5.69 Å². The Morgan fingerprint density at radius 1 is 0.696 bits per heavy atom. The van der Waals surface area contributed by atoms with Crippen molar-refractivity contribution in [2.75, 3.05) is 36.0 Å². The standard InChI is InChI=1S/C17H17F3N2.ClH/c18-17(19,20)14-5-4-8-16(13-14)22-11-9-21(10-12-22)15-6-2-1-3-7-15;/h1-8,13H,9-12H2;1H. The Morgan fingerprint density at radius 2 is 1.22 bits per heavy atom. The van der Waals surface area contributed by atoms with E-state index in [1.54, 1.807) is 6.07 Å². The first-order chi connectivity index (χ1) is 10.5. The van der Waals surface area contributed by atoms with Crippen LogP contribution in [0.1, 0.15) is 5.56 Å². The molecular formula is C17H18ClF3N2. The molecule has 0 amide bonds. The minimum Gasteiger partial charge on any atom is -0.368 e. The van der Waals surface area contributed by atoms with Gasteiger partial charge in [0, 0.05) is 37.6 Å². The Labute approximate surface area is 139 Å². The van der Waals surface area contributed by atoms with Crippen LogP contribution in [0.4, 0.5) is 24.5 Å². The molecule has 0 aliphatic carbocycles. The summed E-state index contributed by atoms with van der Waals surface area (Å²) in [7, 11) is 0. The largest absolute Gasteiger partial charge is 0.416 e. The van der Waals surface area contributed by atoms with E-state index in [0.717, 1.165) is 37.9 Å². The van der Waals surface area contributed by atoms with E-state index in [1.165, 1.54) is 12.1 Å². The zero-order valence-corrected chi connectivity index (χ0v) is 13.3. The maximum atomic E-state index is 12.8. The lowest BCUT2D eigenvalue weighted by Crippen LogP contribution is -2.46. The fraction of sp³-hybridized carbons (Fsp3) is 0.294. The number of benzene rings is 2. The minimum atomic E-state index is -4.29. The first-order valence-corrected chi connectivity index (χ1v) is 7.26. The summed E-state index contributed by atoms with van der Waals surface area (Å²) in [6.45, 7) is 3.05. The van der Waals surface area contributed by atoms with E-state index in [4.69, 9.17) is 0 Å². The molecule has 0 atom stereocenters. The molecule has 0 N–H and O–H groups in total. The average Bonchev–Trinajstić information content (AvgIpc) is 2.55. The van der Waals surface area contributed by atoms with Crippen molar-refractivity contribution in [1.82, 2.24) is 0 Å². The van der Waals surface area contributed by atoms with Gasteiger partial charge >= 0.3 is 6.18 Å². The van der Waals surface area contributed by atoms with Gasteiger partial charge in [-0.25, -0.2) is 0 Å². The zero-order valence-electron chi connectivity index (χ0n) is 12.5. The van der Waals surface area contributed by atoms with Gasteiger partial charge in [0.2, 0.25) is 0 Å². The van der Waals surface area contributed by atoms with Crippen molar-refractivity contribution in [3.63, 3.8) is 0 Å². The lowest BCUT2D eigenvalue weighted by molar-refractivity contribution is -0.137. The van der Waals surface area contributed by atoms with Crippen LogP contribution in [-0.2, 0) is 6.18 Å². The summed E-state index contributed by atoms with van der Waals surface area (Å²) in [6.07, 6.45) is -4.29. The summed E-state index contributed by atoms with van der Waals surface area (Å²) in [4.78, 5) is 4.26. The van der Waals surface area contributed by atoms with Crippen molar-refractivity contribution in [2.45, 2.75) is 6.18 Å². The summed E-state index contributed by atoms with van der Waals surface area (Å²) < 4.78 is 38.4. The van der Waals surface area contributed by atoms with Crippen LogP contribution < -0.4 is 9.80 Å². The molecular weight excluding hydrogens is 325 g/mol. The molecule has 0 aromatic heterocycles. The van der Waals surface area contributed by atoms with Crippen molar-refractivity contribution >= 4 is 23.8 Å². The number of halogens is 4. The van der Waals surface area contributed by atoms with Crippen LogP contribution in [0.5, 0.6) is 0 Å². The summed E-state index contributed by atoms with van der Waals surface area (Å²) in [5, 5.41) is 0. The van der Waals surface area contributed by atoms with E-state index in [-0.39, 0.29) is 12.4 Å². The van der Waals surface area contributed by atoms with Crippen molar-refractivity contribution in [3.05, 3.63) is 60.2 Å². The number of para-hydroxylation sites is 1. The molecule has 0 saturated carbocycles. The van der Waals surface area contributed by atoms with E-state index >= 15 is 0 Å². The van der Waals surface area contributed by atoms with Gasteiger partial charge in [-0.15, -0.1) is 12.4 Å². The number of nitrogens with zero attached hydrogens (tertiary/aromatic N) is 2. The SMILES string of the molecule is Cl.FC(F)(F)c1cccc(N2CCN(c3ccccc3)CC2)c1. The Hall–Kier alpha value is -1.88. The average molecular weight is 343 g/mol. The fourth-order valence-electron chi connectivity index (χ4n) is 2.74. The summed E-state index contributed by atoms with van der Waals surface area (Å²) in [5.74, 6) is 0. The molecule has 1 heterocycles. The predicted molar refractivity (Wildman–Crippen MR) is 89.6 cm³/mol. The van der Waals surface area contributed by atoms with Crippen LogP contribution in [-0.4, -0.2) is 26.2 Å². The summed E-state index contributed by atoms with van der Waals surface area (Å²) in [5.41, 5.74) is 1.21. The first-order valence-electron chi connectivity index (χ1n) is 7.26. The third-order valence-electron chi connectivity index (χ3n) is 3.94. The van der Waals surface area contributed by atoms with Crippen LogP contribution in [0.15, 0.2) is 54.6 Å². The Morgan fingerprint density at radius 3 is 1.78 bits per heavy atom. The molecule has 23 heavy (non-hydrogen) atoms. The molecule has 1 aliphatic rings. The maximum absolute atomic E-state index is 12.8. The minimum absolute atomic E-state index is 0. The number of anilines is 2. The molecule has 1 aliphatic heterocycles. The highest BCUT2D eigenvalue weighted by Gasteiger charge is 2.31. The van der Waals surface area contributed by atoms with Crippen molar-refractivity contribution < 1.29 is 13.2 Å². The Bertz CT molecular complexity index is 623. The van der Waals surface area contributed by atoms with Gasteiger partial charge in [0.25, 0.3) is 0 Å². The Kier molecular flexibility index (Phi) is 5.42. The number of hydrogen-bond donors (Lipinski definition) is 0. The normalized spacial score (nSPS) is 15.3. The van der Waals surface area contributed by atoms with E-state index in [2.05, 4.69) is 17.0 Å². The van der Waals surface area contributed by atoms with Gasteiger partial charge in [-0.2, -0.15) is 13.2 Å². The van der Waals surface area contributed by atoms with Gasteiger partial charge < -0.3 is 9.80 Å². The van der Waals surface area contributed by atoms with Gasteiger partial charge in [-0.3, -0.25) is 0 Å². The summed E-state index contributed by atoms with van der Waals surface area (Å²) in [6, 6.07) is 15.6. The number of hydrogen-bond acceptors (Lipinski definition) is 2. The fourth-order valence-corrected chi connectivity index (χ4v) is 2.74. The molecule has 0 unspecified atom stereocenters. The van der Waals surface area contributed by atoms with Gasteiger partial charge in [-0.1, -0.05) is 24.3 Å². The lowest BCUT2D eigenvalue weighted by atomic mass is 10.1. The van der Waals surface area contributed by atoms with Crippen LogP contribution >= 0.6 is 12.4 Å². The number of alkyl halides is 3. The number of piperazine rings is 1. The van der Waals surface area contributed by atoms with Gasteiger partial charge in [0.15, 0.2) is 0 Å². The second kappa shape index (κ2) is 7.13. The van der Waals surface area contributed by atoms with Crippen LogP contribution in [0, 0.1) is 0 Å². The van der Waals surface area contributed by atoms with Crippen molar-refractivity contribution in [2.24, 2.45) is 0 Å². The third-order valence-corrected chi connectivity index (χ3v) is 3.94. The second-order valence-electron chi connectivity index (χ2n) is 5.36. The van der Waals surface area contributed by atoms with E-state index in [1.807, 2.05) is 23.1 Å². The van der Waals surface area contributed by atoms with Gasteiger partial charge in [-0.05, 0) is 30.3 Å². The van der Waals surface area contributed by atoms with Gasteiger partial charge in [0.05, 0.1) is 5.56 Å². The highest BCUT2D eigenvalue weighted by Crippen LogP contribution is 2.32. The molecule has 0 spiro atoms. The van der Waals surface area contributed by atoms with Crippen molar-refractivity contribution in [3.8, 4) is 0 Å². The number of rotatable bonds is 2.